The second-order valence-electron chi connectivity index (χ2n) is 8.51. The molecule has 4 rings (SSSR count). The number of rotatable bonds is 7. The third kappa shape index (κ3) is 5.80. The van der Waals surface area contributed by atoms with Crippen molar-refractivity contribution in [2.75, 3.05) is 20.2 Å². The molecule has 1 N–H and O–H groups in total. The molecule has 0 radical (unpaired) electrons. The molecule has 1 aromatic heterocycles. The van der Waals surface area contributed by atoms with Crippen molar-refractivity contribution in [2.24, 2.45) is 5.92 Å². The molecule has 0 aliphatic carbocycles. The van der Waals surface area contributed by atoms with Crippen LogP contribution in [-0.4, -0.2) is 41.9 Å². The molecule has 1 aliphatic heterocycles. The molecule has 178 valence electrons. The minimum Gasteiger partial charge on any atom is -0.497 e. The Balaban J connectivity index is 1.27. The van der Waals surface area contributed by atoms with Crippen LogP contribution in [0.4, 0.5) is 4.39 Å². The van der Waals surface area contributed by atoms with E-state index in [0.717, 1.165) is 29.7 Å². The number of aromatic nitrogens is 1. The van der Waals surface area contributed by atoms with Crippen LogP contribution in [0.15, 0.2) is 48.5 Å². The van der Waals surface area contributed by atoms with Crippen molar-refractivity contribution in [1.82, 2.24) is 15.2 Å². The van der Waals surface area contributed by atoms with E-state index in [0.29, 0.717) is 41.6 Å². The summed E-state index contributed by atoms with van der Waals surface area (Å²) in [4.78, 5) is 32.5. The first-order valence-electron chi connectivity index (χ1n) is 11.3. The monoisotopic (exact) mass is 481 g/mol. The summed E-state index contributed by atoms with van der Waals surface area (Å²) in [7, 11) is 1.62. The summed E-state index contributed by atoms with van der Waals surface area (Å²) < 4.78 is 18.4. The number of ether oxygens (including phenoxy) is 1. The predicted molar refractivity (Wildman–Crippen MR) is 130 cm³/mol. The number of carbonyl (C=O) groups is 2. The van der Waals surface area contributed by atoms with Crippen LogP contribution in [-0.2, 0) is 11.3 Å². The number of methoxy groups -OCH3 is 1. The molecule has 0 unspecified atom stereocenters. The highest BCUT2D eigenvalue weighted by Crippen LogP contribution is 2.30. The normalized spacial score (nSPS) is 14.1. The molecule has 34 heavy (non-hydrogen) atoms. The fraction of sp³-hybridized carbons (Fsp3) is 0.346. The van der Waals surface area contributed by atoms with E-state index in [1.54, 1.807) is 19.2 Å². The van der Waals surface area contributed by atoms with Gasteiger partial charge in [0.1, 0.15) is 21.5 Å². The largest absolute Gasteiger partial charge is 0.497 e. The van der Waals surface area contributed by atoms with Gasteiger partial charge in [-0.2, -0.15) is 0 Å². The van der Waals surface area contributed by atoms with Crippen LogP contribution < -0.4 is 10.1 Å². The third-order valence-electron chi connectivity index (χ3n) is 6.08. The zero-order chi connectivity index (χ0) is 24.1. The zero-order valence-corrected chi connectivity index (χ0v) is 20.2. The minimum absolute atomic E-state index is 0.0230. The predicted octanol–water partition coefficient (Wildman–Crippen LogP) is 4.82. The number of nitrogens with zero attached hydrogens (tertiary/aromatic N) is 2. The van der Waals surface area contributed by atoms with Crippen molar-refractivity contribution in [3.8, 4) is 16.3 Å². The second kappa shape index (κ2) is 10.8. The van der Waals surface area contributed by atoms with Crippen molar-refractivity contribution >= 4 is 23.2 Å². The molecule has 6 nitrogen and oxygen atoms in total. The Morgan fingerprint density at radius 3 is 2.62 bits per heavy atom. The second-order valence-corrected chi connectivity index (χ2v) is 9.51. The van der Waals surface area contributed by atoms with E-state index in [1.807, 2.05) is 36.1 Å². The average Bonchev–Trinajstić information content (AvgIpc) is 3.25. The standard InChI is InChI=1S/C26H28FN3O3S/c1-17-24(34-25(29-17)20-6-8-21(27)9-7-20)26(32)30-12-10-18(11-13-30)15-23(31)28-16-19-4-3-5-22(14-19)33-2/h3-9,14,18H,10-13,15-16H2,1-2H3,(H,28,31). The maximum absolute atomic E-state index is 13.2. The van der Waals surface area contributed by atoms with E-state index < -0.39 is 0 Å². The summed E-state index contributed by atoms with van der Waals surface area (Å²) in [6.07, 6.45) is 2.04. The van der Waals surface area contributed by atoms with E-state index in [1.165, 1.54) is 23.5 Å². The van der Waals surface area contributed by atoms with E-state index in [2.05, 4.69) is 10.3 Å². The van der Waals surface area contributed by atoms with Gasteiger partial charge in [0.25, 0.3) is 5.91 Å². The Labute approximate surface area is 202 Å². The maximum atomic E-state index is 13.2. The summed E-state index contributed by atoms with van der Waals surface area (Å²) in [6, 6.07) is 13.8. The lowest BCUT2D eigenvalue weighted by Crippen LogP contribution is -2.39. The molecule has 2 aromatic carbocycles. The molecule has 0 bridgehead atoms. The van der Waals surface area contributed by atoms with Crippen molar-refractivity contribution in [3.63, 3.8) is 0 Å². The molecule has 2 heterocycles. The lowest BCUT2D eigenvalue weighted by molar-refractivity contribution is -0.122. The molecule has 1 fully saturated rings. The molecular weight excluding hydrogens is 453 g/mol. The van der Waals surface area contributed by atoms with Gasteiger partial charge in [-0.15, -0.1) is 11.3 Å². The van der Waals surface area contributed by atoms with Crippen LogP contribution in [0.2, 0.25) is 0 Å². The van der Waals surface area contributed by atoms with Gasteiger partial charge in [0.15, 0.2) is 0 Å². The van der Waals surface area contributed by atoms with Gasteiger partial charge in [0, 0.05) is 31.6 Å². The molecule has 0 saturated carbocycles. The Morgan fingerprint density at radius 1 is 1.18 bits per heavy atom. The number of thiazole rings is 1. The summed E-state index contributed by atoms with van der Waals surface area (Å²) in [5.74, 6) is 0.723. The SMILES string of the molecule is COc1cccc(CNC(=O)CC2CCN(C(=O)c3sc(-c4ccc(F)cc4)nc3C)CC2)c1. The molecule has 0 atom stereocenters. The van der Waals surface area contributed by atoms with Gasteiger partial charge >= 0.3 is 0 Å². The fourth-order valence-corrected chi connectivity index (χ4v) is 5.15. The van der Waals surface area contributed by atoms with Crippen molar-refractivity contribution in [1.29, 1.82) is 0 Å². The number of amides is 2. The highest BCUT2D eigenvalue weighted by atomic mass is 32.1. The first-order chi connectivity index (χ1) is 16.4. The fourth-order valence-electron chi connectivity index (χ4n) is 4.11. The first kappa shape index (κ1) is 23.9. The lowest BCUT2D eigenvalue weighted by Gasteiger charge is -2.31. The highest BCUT2D eigenvalue weighted by molar-refractivity contribution is 7.17. The van der Waals surface area contributed by atoms with Crippen molar-refractivity contribution in [3.05, 3.63) is 70.5 Å². The van der Waals surface area contributed by atoms with Gasteiger partial charge in [-0.3, -0.25) is 9.59 Å². The summed E-state index contributed by atoms with van der Waals surface area (Å²) in [5.41, 5.74) is 2.48. The van der Waals surface area contributed by atoms with Gasteiger partial charge in [0.2, 0.25) is 5.91 Å². The lowest BCUT2D eigenvalue weighted by atomic mass is 9.93. The smallest absolute Gasteiger partial charge is 0.265 e. The molecule has 1 saturated heterocycles. The Hall–Kier alpha value is -3.26. The molecule has 8 heteroatoms. The number of piperidine rings is 1. The molecule has 1 aliphatic rings. The van der Waals surface area contributed by atoms with Crippen molar-refractivity contribution in [2.45, 2.75) is 32.7 Å². The summed E-state index contributed by atoms with van der Waals surface area (Å²) in [5, 5.41) is 3.69. The Kier molecular flexibility index (Phi) is 7.57. The van der Waals surface area contributed by atoms with Gasteiger partial charge < -0.3 is 15.0 Å². The summed E-state index contributed by atoms with van der Waals surface area (Å²) >= 11 is 1.34. The average molecular weight is 482 g/mol. The molecule has 3 aromatic rings. The number of nitrogens with one attached hydrogen (secondary N) is 1. The minimum atomic E-state index is -0.301. The van der Waals surface area contributed by atoms with E-state index in [9.17, 15) is 14.0 Å². The van der Waals surface area contributed by atoms with Crippen LogP contribution >= 0.6 is 11.3 Å². The number of carbonyl (C=O) groups excluding carboxylic acids is 2. The quantitative estimate of drug-likeness (QED) is 0.525. The maximum Gasteiger partial charge on any atom is 0.265 e. The highest BCUT2D eigenvalue weighted by Gasteiger charge is 2.27. The van der Waals surface area contributed by atoms with Crippen LogP contribution in [0, 0.1) is 18.7 Å². The number of aryl methyl sites for hydroxylation is 1. The topological polar surface area (TPSA) is 71.5 Å². The van der Waals surface area contributed by atoms with Gasteiger partial charge in [-0.25, -0.2) is 9.37 Å². The molecular formula is C26H28FN3O3S. The number of hydrogen-bond donors (Lipinski definition) is 1. The number of halogens is 1. The van der Waals surface area contributed by atoms with Crippen molar-refractivity contribution < 1.29 is 18.7 Å². The van der Waals surface area contributed by atoms with E-state index in [4.69, 9.17) is 4.74 Å². The first-order valence-corrected chi connectivity index (χ1v) is 12.2. The van der Waals surface area contributed by atoms with E-state index >= 15 is 0 Å². The van der Waals surface area contributed by atoms with Crippen LogP contribution in [0.25, 0.3) is 10.6 Å². The number of hydrogen-bond acceptors (Lipinski definition) is 5. The van der Waals surface area contributed by atoms with Gasteiger partial charge in [0.05, 0.1) is 12.8 Å². The van der Waals surface area contributed by atoms with E-state index in [-0.39, 0.29) is 23.5 Å². The van der Waals surface area contributed by atoms with Crippen LogP contribution in [0.5, 0.6) is 5.75 Å². The molecule has 0 spiro atoms. The van der Waals surface area contributed by atoms with Gasteiger partial charge in [-0.1, -0.05) is 12.1 Å². The number of likely N-dealkylation sites (tertiary alicyclic amines) is 1. The Bertz CT molecular complexity index is 1150. The molecule has 2 amide bonds. The third-order valence-corrected chi connectivity index (χ3v) is 7.28. The zero-order valence-electron chi connectivity index (χ0n) is 19.3. The van der Waals surface area contributed by atoms with Crippen LogP contribution in [0.1, 0.15) is 40.2 Å². The van der Waals surface area contributed by atoms with Gasteiger partial charge in [-0.05, 0) is 67.6 Å². The Morgan fingerprint density at radius 2 is 1.91 bits per heavy atom. The number of benzene rings is 2. The summed E-state index contributed by atoms with van der Waals surface area (Å²) in [6.45, 7) is 3.54. The van der Waals surface area contributed by atoms with Crippen LogP contribution in [0.3, 0.4) is 0 Å².